The third-order valence-electron chi connectivity index (χ3n) is 2.14. The van der Waals surface area contributed by atoms with Crippen molar-refractivity contribution in [1.29, 1.82) is 0 Å². The number of carbonyl (C=O) groups is 1. The van der Waals surface area contributed by atoms with Crippen molar-refractivity contribution in [2.24, 2.45) is 5.73 Å². The molecule has 1 aromatic carbocycles. The minimum atomic E-state index is -0.642. The highest BCUT2D eigenvalue weighted by atomic mass is 79.9. The molecule has 0 radical (unpaired) electrons. The number of pyridine rings is 1. The summed E-state index contributed by atoms with van der Waals surface area (Å²) in [6.45, 7) is 0. The van der Waals surface area contributed by atoms with Crippen molar-refractivity contribution in [1.82, 2.24) is 4.98 Å². The number of aromatic nitrogens is 1. The van der Waals surface area contributed by atoms with Gasteiger partial charge < -0.3 is 10.5 Å². The predicted octanol–water partition coefficient (Wildman–Crippen LogP) is 2.87. The van der Waals surface area contributed by atoms with Crippen LogP contribution in [0.15, 0.2) is 41.0 Å². The van der Waals surface area contributed by atoms with Crippen LogP contribution in [0.1, 0.15) is 10.4 Å². The van der Waals surface area contributed by atoms with E-state index < -0.39 is 11.7 Å². The number of benzene rings is 1. The Morgan fingerprint density at radius 1 is 1.39 bits per heavy atom. The maximum Gasteiger partial charge on any atom is 0.254 e. The highest BCUT2D eigenvalue weighted by molar-refractivity contribution is 9.10. The fourth-order valence-corrected chi connectivity index (χ4v) is 1.75. The highest BCUT2D eigenvalue weighted by Crippen LogP contribution is 2.30. The molecule has 1 heterocycles. The Hall–Kier alpha value is -1.95. The predicted molar refractivity (Wildman–Crippen MR) is 66.9 cm³/mol. The van der Waals surface area contributed by atoms with E-state index in [9.17, 15) is 9.18 Å². The summed E-state index contributed by atoms with van der Waals surface area (Å²) in [5.41, 5.74) is 5.36. The van der Waals surface area contributed by atoms with Gasteiger partial charge in [0.25, 0.3) is 5.91 Å². The van der Waals surface area contributed by atoms with Crippen LogP contribution in [-0.2, 0) is 0 Å². The minimum absolute atomic E-state index is 0.0808. The van der Waals surface area contributed by atoms with Gasteiger partial charge in [0.1, 0.15) is 17.1 Å². The lowest BCUT2D eigenvalue weighted by molar-refractivity contribution is 0.0997. The number of halogens is 2. The second-order valence-corrected chi connectivity index (χ2v) is 4.25. The van der Waals surface area contributed by atoms with E-state index >= 15 is 0 Å². The first-order chi connectivity index (χ1) is 8.58. The van der Waals surface area contributed by atoms with Crippen LogP contribution in [0.4, 0.5) is 4.39 Å². The van der Waals surface area contributed by atoms with E-state index in [-0.39, 0.29) is 11.4 Å². The summed E-state index contributed by atoms with van der Waals surface area (Å²) in [4.78, 5) is 15.1. The van der Waals surface area contributed by atoms with Crippen LogP contribution < -0.4 is 10.5 Å². The summed E-state index contributed by atoms with van der Waals surface area (Å²) in [6, 6.07) is 7.00. The first kappa shape index (κ1) is 12.5. The molecule has 6 heteroatoms. The molecule has 2 rings (SSSR count). The van der Waals surface area contributed by atoms with Gasteiger partial charge in [-0.1, -0.05) is 0 Å². The molecule has 1 amide bonds. The van der Waals surface area contributed by atoms with E-state index in [1.165, 1.54) is 30.5 Å². The molecular weight excluding hydrogens is 303 g/mol. The topological polar surface area (TPSA) is 65.2 Å². The number of rotatable bonds is 3. The van der Waals surface area contributed by atoms with Gasteiger partial charge >= 0.3 is 0 Å². The molecule has 0 spiro atoms. The Labute approximate surface area is 111 Å². The van der Waals surface area contributed by atoms with Crippen LogP contribution in [0.5, 0.6) is 11.6 Å². The Morgan fingerprint density at radius 2 is 2.17 bits per heavy atom. The van der Waals surface area contributed by atoms with Gasteiger partial charge in [-0.2, -0.15) is 0 Å². The first-order valence-electron chi connectivity index (χ1n) is 4.95. The summed E-state index contributed by atoms with van der Waals surface area (Å²) in [5, 5.41) is 0. The van der Waals surface area contributed by atoms with Gasteiger partial charge in [-0.25, -0.2) is 9.37 Å². The number of primary amides is 1. The van der Waals surface area contributed by atoms with Crippen molar-refractivity contribution in [2.75, 3.05) is 0 Å². The van der Waals surface area contributed by atoms with Crippen LogP contribution in [0, 0.1) is 5.82 Å². The zero-order valence-corrected chi connectivity index (χ0v) is 10.6. The Balaban J connectivity index is 2.37. The second-order valence-electron chi connectivity index (χ2n) is 3.40. The largest absolute Gasteiger partial charge is 0.437 e. The van der Waals surface area contributed by atoms with E-state index in [0.29, 0.717) is 10.2 Å². The molecule has 18 heavy (non-hydrogen) atoms. The van der Waals surface area contributed by atoms with Gasteiger partial charge in [0.05, 0.1) is 4.47 Å². The normalized spacial score (nSPS) is 10.1. The molecule has 0 fully saturated rings. The van der Waals surface area contributed by atoms with Crippen molar-refractivity contribution in [2.45, 2.75) is 0 Å². The third-order valence-corrected chi connectivity index (χ3v) is 2.76. The molecule has 0 saturated heterocycles. The molecule has 0 aliphatic heterocycles. The van der Waals surface area contributed by atoms with Gasteiger partial charge in [0.2, 0.25) is 5.88 Å². The lowest BCUT2D eigenvalue weighted by Gasteiger charge is -2.09. The van der Waals surface area contributed by atoms with Crippen LogP contribution >= 0.6 is 15.9 Å². The number of nitrogens with two attached hydrogens (primary N) is 1. The third kappa shape index (κ3) is 2.65. The van der Waals surface area contributed by atoms with Crippen molar-refractivity contribution in [3.05, 3.63) is 52.4 Å². The summed E-state index contributed by atoms with van der Waals surface area (Å²) in [5.74, 6) is -0.614. The molecule has 0 unspecified atom stereocenters. The summed E-state index contributed by atoms with van der Waals surface area (Å²) in [7, 11) is 0. The number of hydrogen-bond donors (Lipinski definition) is 1. The summed E-state index contributed by atoms with van der Waals surface area (Å²) in [6.07, 6.45) is 1.47. The van der Waals surface area contributed by atoms with Crippen molar-refractivity contribution in [3.63, 3.8) is 0 Å². The van der Waals surface area contributed by atoms with E-state index in [1.54, 1.807) is 6.07 Å². The lowest BCUT2D eigenvalue weighted by atomic mass is 10.2. The minimum Gasteiger partial charge on any atom is -0.437 e. The van der Waals surface area contributed by atoms with Gasteiger partial charge in [-0.3, -0.25) is 4.79 Å². The number of carbonyl (C=O) groups excluding carboxylic acids is 1. The fourth-order valence-electron chi connectivity index (χ4n) is 1.32. The zero-order valence-electron chi connectivity index (χ0n) is 9.06. The second kappa shape index (κ2) is 5.14. The standard InChI is InChI=1S/C12H8BrFN2O2/c13-9-6-7(14)3-4-10(9)18-12-8(11(15)17)2-1-5-16-12/h1-6H,(H2,15,17). The quantitative estimate of drug-likeness (QED) is 0.948. The van der Waals surface area contributed by atoms with Gasteiger partial charge in [-0.15, -0.1) is 0 Å². The fraction of sp³-hybridized carbons (Fsp3) is 0. The maximum absolute atomic E-state index is 12.9. The van der Waals surface area contributed by atoms with E-state index in [4.69, 9.17) is 10.5 Å². The molecular formula is C12H8BrFN2O2. The summed E-state index contributed by atoms with van der Waals surface area (Å²) >= 11 is 3.16. The van der Waals surface area contributed by atoms with Gasteiger partial charge in [0, 0.05) is 6.20 Å². The number of amides is 1. The molecule has 0 atom stereocenters. The molecule has 0 saturated carbocycles. The maximum atomic E-state index is 12.9. The van der Waals surface area contributed by atoms with Crippen LogP contribution in [0.3, 0.4) is 0 Å². The average molecular weight is 311 g/mol. The van der Waals surface area contributed by atoms with Crippen LogP contribution in [0.25, 0.3) is 0 Å². The summed E-state index contributed by atoms with van der Waals surface area (Å²) < 4.78 is 18.8. The van der Waals surface area contributed by atoms with Gasteiger partial charge in [-0.05, 0) is 46.3 Å². The first-order valence-corrected chi connectivity index (χ1v) is 5.75. The van der Waals surface area contributed by atoms with E-state index in [1.807, 2.05) is 0 Å². The lowest BCUT2D eigenvalue weighted by Crippen LogP contribution is -2.12. The zero-order chi connectivity index (χ0) is 13.1. The van der Waals surface area contributed by atoms with E-state index in [0.717, 1.165) is 0 Å². The van der Waals surface area contributed by atoms with Crippen LogP contribution in [-0.4, -0.2) is 10.9 Å². The number of nitrogens with zero attached hydrogens (tertiary/aromatic N) is 1. The van der Waals surface area contributed by atoms with Crippen molar-refractivity contribution < 1.29 is 13.9 Å². The SMILES string of the molecule is NC(=O)c1cccnc1Oc1ccc(F)cc1Br. The smallest absolute Gasteiger partial charge is 0.254 e. The molecule has 1 aromatic heterocycles. The Kier molecular flexibility index (Phi) is 3.57. The molecule has 2 N–H and O–H groups in total. The van der Waals surface area contributed by atoms with E-state index in [2.05, 4.69) is 20.9 Å². The van der Waals surface area contributed by atoms with Crippen molar-refractivity contribution in [3.8, 4) is 11.6 Å². The molecule has 4 nitrogen and oxygen atoms in total. The molecule has 0 bridgehead atoms. The monoisotopic (exact) mass is 310 g/mol. The number of hydrogen-bond acceptors (Lipinski definition) is 3. The Bertz CT molecular complexity index is 604. The Morgan fingerprint density at radius 3 is 2.83 bits per heavy atom. The van der Waals surface area contributed by atoms with Crippen LogP contribution in [0.2, 0.25) is 0 Å². The van der Waals surface area contributed by atoms with Gasteiger partial charge in [0.15, 0.2) is 0 Å². The highest BCUT2D eigenvalue weighted by Gasteiger charge is 2.12. The molecule has 2 aromatic rings. The van der Waals surface area contributed by atoms with Crippen molar-refractivity contribution >= 4 is 21.8 Å². The molecule has 0 aliphatic carbocycles. The average Bonchev–Trinajstić information content (AvgIpc) is 2.33. The number of ether oxygens (including phenoxy) is 1. The molecule has 92 valence electrons. The molecule has 0 aliphatic rings.